The van der Waals surface area contributed by atoms with Crippen LogP contribution < -0.4 is 16.6 Å². The van der Waals surface area contributed by atoms with Gasteiger partial charge in [-0.25, -0.2) is 15.8 Å². The Kier molecular flexibility index (Phi) is 2.25. The Labute approximate surface area is 83.1 Å². The van der Waals surface area contributed by atoms with Crippen molar-refractivity contribution in [2.45, 2.75) is 26.3 Å². The standard InChI is InChI=1S/C9H15N5/c1-5-3-7(5)13-8-4-9(14-10)12-6(2)11-8/h4-5,7H,3,10H2,1-2H3,(H2,11,12,13,14). The normalized spacial score (nSPS) is 24.5. The molecule has 1 aromatic rings. The molecule has 4 N–H and O–H groups in total. The van der Waals surface area contributed by atoms with Crippen molar-refractivity contribution >= 4 is 11.6 Å². The lowest BCUT2D eigenvalue weighted by molar-refractivity contribution is 0.917. The van der Waals surface area contributed by atoms with Crippen LogP contribution in [0.2, 0.25) is 0 Å². The molecule has 0 aliphatic heterocycles. The Morgan fingerprint density at radius 1 is 1.43 bits per heavy atom. The van der Waals surface area contributed by atoms with Crippen molar-refractivity contribution in [2.75, 3.05) is 10.7 Å². The third-order valence-electron chi connectivity index (χ3n) is 2.43. The average molecular weight is 193 g/mol. The van der Waals surface area contributed by atoms with Crippen LogP contribution in [0.3, 0.4) is 0 Å². The number of nitrogen functional groups attached to an aromatic ring is 1. The molecular weight excluding hydrogens is 178 g/mol. The second-order valence-electron chi connectivity index (χ2n) is 3.79. The molecular formula is C9H15N5. The van der Waals surface area contributed by atoms with Gasteiger partial charge in [0.05, 0.1) is 0 Å². The van der Waals surface area contributed by atoms with E-state index in [0.717, 1.165) is 17.6 Å². The van der Waals surface area contributed by atoms with Crippen molar-refractivity contribution < 1.29 is 0 Å². The number of anilines is 2. The van der Waals surface area contributed by atoms with Crippen LogP contribution in [0.25, 0.3) is 0 Å². The van der Waals surface area contributed by atoms with Crippen molar-refractivity contribution in [3.05, 3.63) is 11.9 Å². The second-order valence-corrected chi connectivity index (χ2v) is 3.79. The molecule has 1 aliphatic carbocycles. The Hall–Kier alpha value is -1.36. The highest BCUT2D eigenvalue weighted by Gasteiger charge is 2.32. The largest absolute Gasteiger partial charge is 0.367 e. The van der Waals surface area contributed by atoms with Crippen molar-refractivity contribution in [1.29, 1.82) is 0 Å². The van der Waals surface area contributed by atoms with Crippen LogP contribution in [0.1, 0.15) is 19.2 Å². The molecule has 1 heterocycles. The average Bonchev–Trinajstić information content (AvgIpc) is 2.80. The fraction of sp³-hybridized carbons (Fsp3) is 0.556. The first-order chi connectivity index (χ1) is 6.69. The first-order valence-electron chi connectivity index (χ1n) is 4.78. The van der Waals surface area contributed by atoms with Gasteiger partial charge in [-0.3, -0.25) is 0 Å². The predicted molar refractivity (Wildman–Crippen MR) is 55.8 cm³/mol. The van der Waals surface area contributed by atoms with Crippen molar-refractivity contribution in [3.8, 4) is 0 Å². The molecule has 1 fully saturated rings. The molecule has 0 amide bonds. The lowest BCUT2D eigenvalue weighted by atomic mass is 10.4. The van der Waals surface area contributed by atoms with Crippen LogP contribution in [-0.4, -0.2) is 16.0 Å². The number of hydrogen-bond acceptors (Lipinski definition) is 5. The zero-order valence-electron chi connectivity index (χ0n) is 8.41. The van der Waals surface area contributed by atoms with E-state index in [4.69, 9.17) is 5.84 Å². The quantitative estimate of drug-likeness (QED) is 0.491. The van der Waals surface area contributed by atoms with Crippen LogP contribution in [-0.2, 0) is 0 Å². The second kappa shape index (κ2) is 3.42. The molecule has 76 valence electrons. The summed E-state index contributed by atoms with van der Waals surface area (Å²) in [5.41, 5.74) is 2.52. The van der Waals surface area contributed by atoms with Crippen LogP contribution in [0, 0.1) is 12.8 Å². The summed E-state index contributed by atoms with van der Waals surface area (Å²) >= 11 is 0. The third-order valence-corrected chi connectivity index (χ3v) is 2.43. The number of hydrazine groups is 1. The number of nitrogens with one attached hydrogen (secondary N) is 2. The summed E-state index contributed by atoms with van der Waals surface area (Å²) in [7, 11) is 0. The van der Waals surface area contributed by atoms with Gasteiger partial charge in [0.15, 0.2) is 0 Å². The van der Waals surface area contributed by atoms with Gasteiger partial charge in [0, 0.05) is 12.1 Å². The molecule has 5 nitrogen and oxygen atoms in total. The van der Waals surface area contributed by atoms with Crippen LogP contribution in [0.4, 0.5) is 11.6 Å². The molecule has 0 radical (unpaired) electrons. The molecule has 0 bridgehead atoms. The predicted octanol–water partition coefficient (Wildman–Crippen LogP) is 0.891. The topological polar surface area (TPSA) is 75.9 Å². The van der Waals surface area contributed by atoms with Gasteiger partial charge >= 0.3 is 0 Å². The molecule has 1 saturated carbocycles. The summed E-state index contributed by atoms with van der Waals surface area (Å²) in [5.74, 6) is 8.26. The monoisotopic (exact) mass is 193 g/mol. The minimum absolute atomic E-state index is 0.565. The Morgan fingerprint density at radius 3 is 2.64 bits per heavy atom. The van der Waals surface area contributed by atoms with E-state index in [-0.39, 0.29) is 0 Å². The van der Waals surface area contributed by atoms with E-state index >= 15 is 0 Å². The Balaban J connectivity index is 2.12. The zero-order chi connectivity index (χ0) is 10.1. The van der Waals surface area contributed by atoms with Crippen LogP contribution in [0.15, 0.2) is 6.07 Å². The highest BCUT2D eigenvalue weighted by Crippen LogP contribution is 2.32. The zero-order valence-corrected chi connectivity index (χ0v) is 8.41. The van der Waals surface area contributed by atoms with E-state index in [1.807, 2.05) is 13.0 Å². The van der Waals surface area contributed by atoms with Gasteiger partial charge in [0.2, 0.25) is 0 Å². The number of aryl methyl sites for hydroxylation is 1. The minimum atomic E-state index is 0.565. The SMILES string of the molecule is Cc1nc(NN)cc(NC2CC2C)n1. The number of nitrogens with zero attached hydrogens (tertiary/aromatic N) is 2. The number of nitrogens with two attached hydrogens (primary N) is 1. The maximum absolute atomic E-state index is 5.29. The van der Waals surface area contributed by atoms with Gasteiger partial charge in [-0.2, -0.15) is 0 Å². The summed E-state index contributed by atoms with van der Waals surface area (Å²) in [6.07, 6.45) is 1.22. The Morgan fingerprint density at radius 2 is 2.07 bits per heavy atom. The van der Waals surface area contributed by atoms with E-state index in [2.05, 4.69) is 27.6 Å². The van der Waals surface area contributed by atoms with Gasteiger partial charge in [0.1, 0.15) is 17.5 Å². The maximum atomic E-state index is 5.29. The van der Waals surface area contributed by atoms with Gasteiger partial charge in [-0.05, 0) is 19.3 Å². The van der Waals surface area contributed by atoms with Crippen LogP contribution >= 0.6 is 0 Å². The number of aromatic nitrogens is 2. The van der Waals surface area contributed by atoms with Gasteiger partial charge < -0.3 is 10.7 Å². The van der Waals surface area contributed by atoms with Gasteiger partial charge in [-0.15, -0.1) is 0 Å². The lowest BCUT2D eigenvalue weighted by Gasteiger charge is -2.07. The molecule has 2 unspecified atom stereocenters. The number of hydrogen-bond donors (Lipinski definition) is 3. The smallest absolute Gasteiger partial charge is 0.145 e. The highest BCUT2D eigenvalue weighted by atomic mass is 15.3. The third kappa shape index (κ3) is 1.93. The number of rotatable bonds is 3. The molecule has 5 heteroatoms. The highest BCUT2D eigenvalue weighted by molar-refractivity contribution is 5.48. The van der Waals surface area contributed by atoms with Crippen LogP contribution in [0.5, 0.6) is 0 Å². The lowest BCUT2D eigenvalue weighted by Crippen LogP contribution is -2.12. The Bertz CT molecular complexity index is 338. The van der Waals surface area contributed by atoms with Gasteiger partial charge in [0.25, 0.3) is 0 Å². The molecule has 1 aromatic heterocycles. The van der Waals surface area contributed by atoms with Crippen molar-refractivity contribution in [1.82, 2.24) is 9.97 Å². The van der Waals surface area contributed by atoms with E-state index in [1.165, 1.54) is 6.42 Å². The van der Waals surface area contributed by atoms with E-state index in [0.29, 0.717) is 11.9 Å². The minimum Gasteiger partial charge on any atom is -0.367 e. The van der Waals surface area contributed by atoms with Crippen molar-refractivity contribution in [2.24, 2.45) is 11.8 Å². The maximum Gasteiger partial charge on any atom is 0.145 e. The fourth-order valence-corrected chi connectivity index (χ4v) is 1.43. The van der Waals surface area contributed by atoms with E-state index in [9.17, 15) is 0 Å². The van der Waals surface area contributed by atoms with Gasteiger partial charge in [-0.1, -0.05) is 6.92 Å². The van der Waals surface area contributed by atoms with E-state index < -0.39 is 0 Å². The molecule has 1 aliphatic rings. The molecule has 2 atom stereocenters. The summed E-state index contributed by atoms with van der Waals surface area (Å²) in [4.78, 5) is 8.39. The van der Waals surface area contributed by atoms with Crippen molar-refractivity contribution in [3.63, 3.8) is 0 Å². The summed E-state index contributed by atoms with van der Waals surface area (Å²) in [6, 6.07) is 2.38. The summed E-state index contributed by atoms with van der Waals surface area (Å²) in [6.45, 7) is 4.07. The summed E-state index contributed by atoms with van der Waals surface area (Å²) in [5, 5.41) is 3.33. The summed E-state index contributed by atoms with van der Waals surface area (Å²) < 4.78 is 0. The molecule has 14 heavy (non-hydrogen) atoms. The molecule has 0 saturated heterocycles. The molecule has 0 aromatic carbocycles. The first-order valence-corrected chi connectivity index (χ1v) is 4.78. The molecule has 0 spiro atoms. The molecule has 2 rings (SSSR count). The van der Waals surface area contributed by atoms with E-state index in [1.54, 1.807) is 0 Å². The fourth-order valence-electron chi connectivity index (χ4n) is 1.43. The first kappa shape index (κ1) is 9.21.